The van der Waals surface area contributed by atoms with Gasteiger partial charge in [0.15, 0.2) is 0 Å². The second-order valence-electron chi connectivity index (χ2n) is 4.10. The Morgan fingerprint density at radius 1 is 1.39 bits per heavy atom. The lowest BCUT2D eigenvalue weighted by Gasteiger charge is -2.07. The van der Waals surface area contributed by atoms with Crippen LogP contribution < -0.4 is 11.2 Å². The molecule has 0 radical (unpaired) electrons. The number of nitrogens with one attached hydrogen (secondary N) is 1. The SMILES string of the molecule is CCCn1ncnc1Cn1cc(C)c(=O)[nH]c1=O. The van der Waals surface area contributed by atoms with Gasteiger partial charge in [0.25, 0.3) is 5.56 Å². The van der Waals surface area contributed by atoms with Crippen molar-refractivity contribution in [1.29, 1.82) is 0 Å². The third kappa shape index (κ3) is 2.39. The van der Waals surface area contributed by atoms with Gasteiger partial charge in [0, 0.05) is 18.3 Å². The number of hydrogen-bond donors (Lipinski definition) is 1. The fraction of sp³-hybridized carbons (Fsp3) is 0.455. The van der Waals surface area contributed by atoms with Gasteiger partial charge in [-0.25, -0.2) is 14.5 Å². The van der Waals surface area contributed by atoms with E-state index in [9.17, 15) is 9.59 Å². The number of H-pyrrole nitrogens is 1. The van der Waals surface area contributed by atoms with Crippen molar-refractivity contribution in [2.24, 2.45) is 0 Å². The molecular weight excluding hydrogens is 234 g/mol. The van der Waals surface area contributed by atoms with Gasteiger partial charge >= 0.3 is 5.69 Å². The van der Waals surface area contributed by atoms with Gasteiger partial charge in [-0.3, -0.25) is 14.3 Å². The van der Waals surface area contributed by atoms with E-state index >= 15 is 0 Å². The Morgan fingerprint density at radius 3 is 2.89 bits per heavy atom. The van der Waals surface area contributed by atoms with E-state index in [4.69, 9.17) is 0 Å². The normalized spacial score (nSPS) is 10.8. The molecule has 0 saturated heterocycles. The van der Waals surface area contributed by atoms with Crippen LogP contribution in [0.3, 0.4) is 0 Å². The quantitative estimate of drug-likeness (QED) is 0.819. The Morgan fingerprint density at radius 2 is 2.17 bits per heavy atom. The number of aromatic amines is 1. The molecule has 0 unspecified atom stereocenters. The average molecular weight is 249 g/mol. The standard InChI is InChI=1S/C11H15N5O2/c1-3-4-16-9(12-7-13-16)6-15-5-8(2)10(17)14-11(15)18/h5,7H,3-4,6H2,1-2H3,(H,14,17,18). The third-order valence-electron chi connectivity index (χ3n) is 2.63. The van der Waals surface area contributed by atoms with E-state index in [0.717, 1.165) is 13.0 Å². The number of nitrogens with zero attached hydrogens (tertiary/aromatic N) is 4. The number of rotatable bonds is 4. The van der Waals surface area contributed by atoms with Crippen molar-refractivity contribution < 1.29 is 0 Å². The van der Waals surface area contributed by atoms with Gasteiger partial charge < -0.3 is 0 Å². The van der Waals surface area contributed by atoms with Crippen molar-refractivity contribution in [3.63, 3.8) is 0 Å². The molecule has 2 rings (SSSR count). The minimum absolute atomic E-state index is 0.302. The van der Waals surface area contributed by atoms with Crippen LogP contribution in [0.15, 0.2) is 22.1 Å². The second-order valence-corrected chi connectivity index (χ2v) is 4.10. The van der Waals surface area contributed by atoms with E-state index in [0.29, 0.717) is 17.9 Å². The molecule has 0 amide bonds. The molecule has 2 aromatic rings. The maximum absolute atomic E-state index is 11.6. The number of aromatic nitrogens is 5. The smallest absolute Gasteiger partial charge is 0.293 e. The van der Waals surface area contributed by atoms with Gasteiger partial charge in [-0.15, -0.1) is 0 Å². The van der Waals surface area contributed by atoms with Gasteiger partial charge in [0.2, 0.25) is 0 Å². The summed E-state index contributed by atoms with van der Waals surface area (Å²) in [6, 6.07) is 0. The van der Waals surface area contributed by atoms with Crippen LogP contribution in [0.5, 0.6) is 0 Å². The van der Waals surface area contributed by atoms with Crippen molar-refractivity contribution in [2.75, 3.05) is 0 Å². The molecule has 0 aliphatic rings. The molecule has 0 aliphatic heterocycles. The predicted molar refractivity (Wildman–Crippen MR) is 65.5 cm³/mol. The molecule has 0 aromatic carbocycles. The highest BCUT2D eigenvalue weighted by Gasteiger charge is 2.07. The summed E-state index contributed by atoms with van der Waals surface area (Å²) in [7, 11) is 0. The zero-order valence-corrected chi connectivity index (χ0v) is 10.4. The molecule has 0 bridgehead atoms. The first-order valence-electron chi connectivity index (χ1n) is 5.79. The van der Waals surface area contributed by atoms with E-state index < -0.39 is 5.69 Å². The monoisotopic (exact) mass is 249 g/mol. The molecule has 1 N–H and O–H groups in total. The summed E-state index contributed by atoms with van der Waals surface area (Å²) in [5, 5.41) is 4.09. The number of hydrogen-bond acceptors (Lipinski definition) is 4. The van der Waals surface area contributed by atoms with Crippen LogP contribution in [0.2, 0.25) is 0 Å². The first-order valence-corrected chi connectivity index (χ1v) is 5.79. The highest BCUT2D eigenvalue weighted by Crippen LogP contribution is 1.98. The molecule has 96 valence electrons. The molecule has 0 fully saturated rings. The molecule has 2 aromatic heterocycles. The van der Waals surface area contributed by atoms with Crippen LogP contribution in [0.4, 0.5) is 0 Å². The van der Waals surface area contributed by atoms with Crippen LogP contribution in [0.1, 0.15) is 24.7 Å². The summed E-state index contributed by atoms with van der Waals surface area (Å²) in [6.07, 6.45) is 3.94. The topological polar surface area (TPSA) is 85.6 Å². The van der Waals surface area contributed by atoms with E-state index in [1.54, 1.807) is 11.6 Å². The summed E-state index contributed by atoms with van der Waals surface area (Å²) in [5.74, 6) is 0.699. The van der Waals surface area contributed by atoms with Crippen LogP contribution in [-0.4, -0.2) is 24.3 Å². The maximum Gasteiger partial charge on any atom is 0.328 e. The van der Waals surface area contributed by atoms with E-state index in [1.165, 1.54) is 17.1 Å². The highest BCUT2D eigenvalue weighted by atomic mass is 16.2. The van der Waals surface area contributed by atoms with Crippen molar-refractivity contribution in [1.82, 2.24) is 24.3 Å². The van der Waals surface area contributed by atoms with Gasteiger partial charge in [0.05, 0.1) is 6.54 Å². The maximum atomic E-state index is 11.6. The zero-order chi connectivity index (χ0) is 13.1. The van der Waals surface area contributed by atoms with Crippen LogP contribution in [0, 0.1) is 6.92 Å². The Kier molecular flexibility index (Phi) is 3.40. The Hall–Kier alpha value is -2.18. The van der Waals surface area contributed by atoms with Crippen molar-refractivity contribution >= 4 is 0 Å². The molecule has 2 heterocycles. The molecule has 18 heavy (non-hydrogen) atoms. The Balaban J connectivity index is 2.34. The molecule has 0 saturated carbocycles. The zero-order valence-electron chi connectivity index (χ0n) is 10.4. The molecule has 0 atom stereocenters. The van der Waals surface area contributed by atoms with Crippen molar-refractivity contribution in [3.8, 4) is 0 Å². The molecule has 0 aliphatic carbocycles. The lowest BCUT2D eigenvalue weighted by atomic mass is 10.4. The fourth-order valence-corrected chi connectivity index (χ4v) is 1.70. The second kappa shape index (κ2) is 4.99. The lowest BCUT2D eigenvalue weighted by molar-refractivity contribution is 0.546. The van der Waals surface area contributed by atoms with Crippen LogP contribution in [0.25, 0.3) is 0 Å². The fourth-order valence-electron chi connectivity index (χ4n) is 1.70. The van der Waals surface area contributed by atoms with Gasteiger partial charge in [0.1, 0.15) is 12.2 Å². The minimum Gasteiger partial charge on any atom is -0.293 e. The predicted octanol–water partition coefficient (Wildman–Crippen LogP) is -0.105. The van der Waals surface area contributed by atoms with E-state index in [1.807, 2.05) is 6.92 Å². The van der Waals surface area contributed by atoms with Crippen molar-refractivity contribution in [2.45, 2.75) is 33.4 Å². The van der Waals surface area contributed by atoms with Gasteiger partial charge in [-0.2, -0.15) is 5.10 Å². The first-order chi connectivity index (χ1) is 8.61. The van der Waals surface area contributed by atoms with E-state index in [2.05, 4.69) is 15.1 Å². The average Bonchev–Trinajstić information content (AvgIpc) is 2.74. The molecule has 0 spiro atoms. The molecular formula is C11H15N5O2. The number of aryl methyl sites for hydroxylation is 2. The summed E-state index contributed by atoms with van der Waals surface area (Å²) >= 11 is 0. The third-order valence-corrected chi connectivity index (χ3v) is 2.63. The first kappa shape index (κ1) is 12.3. The minimum atomic E-state index is -0.434. The Labute approximate surface area is 103 Å². The molecule has 7 heteroatoms. The summed E-state index contributed by atoms with van der Waals surface area (Å²) in [5.41, 5.74) is -0.293. The van der Waals surface area contributed by atoms with Gasteiger partial charge in [-0.1, -0.05) is 6.92 Å². The molecule has 7 nitrogen and oxygen atoms in total. The lowest BCUT2D eigenvalue weighted by Crippen LogP contribution is -2.31. The van der Waals surface area contributed by atoms with Crippen LogP contribution >= 0.6 is 0 Å². The highest BCUT2D eigenvalue weighted by molar-refractivity contribution is 5.02. The van der Waals surface area contributed by atoms with Crippen LogP contribution in [-0.2, 0) is 13.1 Å². The Bertz CT molecular complexity index is 652. The van der Waals surface area contributed by atoms with E-state index in [-0.39, 0.29) is 5.56 Å². The summed E-state index contributed by atoms with van der Waals surface area (Å²) in [6.45, 7) is 4.76. The van der Waals surface area contributed by atoms with Gasteiger partial charge in [-0.05, 0) is 13.3 Å². The summed E-state index contributed by atoms with van der Waals surface area (Å²) in [4.78, 5) is 29.3. The van der Waals surface area contributed by atoms with Crippen molar-refractivity contribution in [3.05, 3.63) is 44.8 Å². The summed E-state index contributed by atoms with van der Waals surface area (Å²) < 4.78 is 3.18. The largest absolute Gasteiger partial charge is 0.328 e.